The second-order valence-electron chi connectivity index (χ2n) is 8.88. The third kappa shape index (κ3) is 6.03. The topological polar surface area (TPSA) is 77.1 Å². The molecule has 0 atom stereocenters. The van der Waals surface area contributed by atoms with Crippen LogP contribution in [0.3, 0.4) is 0 Å². The number of anilines is 1. The minimum atomic E-state index is -0.562. The fourth-order valence-electron chi connectivity index (χ4n) is 4.17. The molecule has 200 valence electrons. The summed E-state index contributed by atoms with van der Waals surface area (Å²) in [5, 5.41) is 2.64. The van der Waals surface area contributed by atoms with Crippen LogP contribution in [0.4, 0.5) is 5.69 Å². The fourth-order valence-corrected chi connectivity index (χ4v) is 4.45. The van der Waals surface area contributed by atoms with Crippen LogP contribution in [-0.2, 0) is 22.8 Å². The lowest BCUT2D eigenvalue weighted by atomic mass is 10.1. The lowest BCUT2D eigenvalue weighted by Gasteiger charge is -2.28. The van der Waals surface area contributed by atoms with Crippen molar-refractivity contribution in [3.05, 3.63) is 125 Å². The molecule has 1 aliphatic heterocycles. The summed E-state index contributed by atoms with van der Waals surface area (Å²) in [5.41, 5.74) is 3.02. The van der Waals surface area contributed by atoms with Gasteiger partial charge in [-0.25, -0.2) is 0 Å². The number of methoxy groups -OCH3 is 1. The van der Waals surface area contributed by atoms with Crippen molar-refractivity contribution < 1.29 is 23.8 Å². The molecule has 1 saturated heterocycles. The lowest BCUT2D eigenvalue weighted by molar-refractivity contribution is -0.122. The SMILES string of the molecule is COc1cc(COc2ccccc2/C=C2/C(=O)NC(=S)N(c3ccccc3)C2=O)ccc1OCc1ccccc1. The van der Waals surface area contributed by atoms with Gasteiger partial charge in [0.05, 0.1) is 12.8 Å². The van der Waals surface area contributed by atoms with Gasteiger partial charge >= 0.3 is 0 Å². The zero-order valence-corrected chi connectivity index (χ0v) is 22.5. The van der Waals surface area contributed by atoms with E-state index in [4.69, 9.17) is 26.4 Å². The minimum absolute atomic E-state index is 0.0352. The molecule has 4 aromatic rings. The molecule has 4 aromatic carbocycles. The van der Waals surface area contributed by atoms with E-state index in [-0.39, 0.29) is 17.3 Å². The van der Waals surface area contributed by atoms with Crippen molar-refractivity contribution in [1.82, 2.24) is 5.32 Å². The number of para-hydroxylation sites is 2. The molecule has 1 aliphatic rings. The van der Waals surface area contributed by atoms with Gasteiger partial charge in [0.2, 0.25) is 0 Å². The first-order chi connectivity index (χ1) is 19.5. The van der Waals surface area contributed by atoms with Gasteiger partial charge in [0, 0.05) is 5.56 Å². The number of rotatable bonds is 9. The maximum absolute atomic E-state index is 13.3. The summed E-state index contributed by atoms with van der Waals surface area (Å²) in [6.45, 7) is 0.656. The summed E-state index contributed by atoms with van der Waals surface area (Å²) in [6, 6.07) is 31.6. The van der Waals surface area contributed by atoms with Crippen LogP contribution >= 0.6 is 12.2 Å². The predicted molar refractivity (Wildman–Crippen MR) is 157 cm³/mol. The van der Waals surface area contributed by atoms with E-state index in [2.05, 4.69) is 5.32 Å². The molecular weight excluding hydrogens is 524 g/mol. The Morgan fingerprint density at radius 3 is 2.15 bits per heavy atom. The number of thiocarbonyl (C=S) groups is 1. The van der Waals surface area contributed by atoms with E-state index in [9.17, 15) is 9.59 Å². The van der Waals surface area contributed by atoms with Crippen molar-refractivity contribution in [1.29, 1.82) is 0 Å². The molecule has 8 heteroatoms. The Morgan fingerprint density at radius 2 is 1.40 bits per heavy atom. The first-order valence-corrected chi connectivity index (χ1v) is 13.0. The van der Waals surface area contributed by atoms with E-state index in [1.807, 2.05) is 66.7 Å². The van der Waals surface area contributed by atoms with Gasteiger partial charge < -0.3 is 14.2 Å². The van der Waals surface area contributed by atoms with Crippen LogP contribution < -0.4 is 24.4 Å². The highest BCUT2D eigenvalue weighted by atomic mass is 32.1. The zero-order chi connectivity index (χ0) is 27.9. The van der Waals surface area contributed by atoms with Gasteiger partial charge in [0.15, 0.2) is 16.6 Å². The van der Waals surface area contributed by atoms with Crippen molar-refractivity contribution >= 4 is 40.9 Å². The van der Waals surface area contributed by atoms with Crippen LogP contribution in [0.15, 0.2) is 109 Å². The molecule has 0 radical (unpaired) electrons. The molecule has 1 N–H and O–H groups in total. The van der Waals surface area contributed by atoms with Crippen molar-refractivity contribution in [2.45, 2.75) is 13.2 Å². The second kappa shape index (κ2) is 12.3. The second-order valence-corrected chi connectivity index (χ2v) is 9.27. The average Bonchev–Trinajstić information content (AvgIpc) is 2.98. The summed E-state index contributed by atoms with van der Waals surface area (Å²) in [7, 11) is 1.59. The Hall–Kier alpha value is -4.95. The highest BCUT2D eigenvalue weighted by Crippen LogP contribution is 2.30. The number of nitrogens with zero attached hydrogens (tertiary/aromatic N) is 1. The monoisotopic (exact) mass is 550 g/mol. The molecule has 1 heterocycles. The smallest absolute Gasteiger partial charge is 0.270 e. The van der Waals surface area contributed by atoms with Gasteiger partial charge in [0.1, 0.15) is 24.5 Å². The van der Waals surface area contributed by atoms with Crippen LogP contribution in [0, 0.1) is 0 Å². The highest BCUT2D eigenvalue weighted by Gasteiger charge is 2.34. The van der Waals surface area contributed by atoms with Gasteiger partial charge in [-0.05, 0) is 59.8 Å². The molecule has 5 rings (SSSR count). The van der Waals surface area contributed by atoms with Crippen molar-refractivity contribution in [3.63, 3.8) is 0 Å². The zero-order valence-electron chi connectivity index (χ0n) is 21.7. The van der Waals surface area contributed by atoms with E-state index in [0.29, 0.717) is 35.1 Å². The minimum Gasteiger partial charge on any atom is -0.493 e. The number of hydrogen-bond donors (Lipinski definition) is 1. The molecule has 1 fully saturated rings. The first-order valence-electron chi connectivity index (χ1n) is 12.6. The Balaban J connectivity index is 1.33. The quantitative estimate of drug-likeness (QED) is 0.164. The van der Waals surface area contributed by atoms with Crippen molar-refractivity contribution in [2.75, 3.05) is 12.0 Å². The normalized spacial score (nSPS) is 14.2. The summed E-state index contributed by atoms with van der Waals surface area (Å²) < 4.78 is 17.6. The van der Waals surface area contributed by atoms with Gasteiger partial charge in [-0.2, -0.15) is 0 Å². The molecule has 0 aliphatic carbocycles. The Labute approximate surface area is 237 Å². The maximum Gasteiger partial charge on any atom is 0.270 e. The number of ether oxygens (including phenoxy) is 3. The fraction of sp³-hybridized carbons (Fsp3) is 0.0938. The van der Waals surface area contributed by atoms with Crippen LogP contribution in [0.1, 0.15) is 16.7 Å². The molecule has 0 bridgehead atoms. The van der Waals surface area contributed by atoms with E-state index in [1.165, 1.54) is 11.0 Å². The van der Waals surface area contributed by atoms with E-state index in [0.717, 1.165) is 11.1 Å². The summed E-state index contributed by atoms with van der Waals surface area (Å²) in [4.78, 5) is 27.4. The number of hydrogen-bond acceptors (Lipinski definition) is 6. The Morgan fingerprint density at radius 1 is 0.750 bits per heavy atom. The maximum atomic E-state index is 13.3. The molecule has 40 heavy (non-hydrogen) atoms. The van der Waals surface area contributed by atoms with Crippen LogP contribution in [0.5, 0.6) is 17.2 Å². The van der Waals surface area contributed by atoms with Crippen LogP contribution in [-0.4, -0.2) is 24.0 Å². The lowest BCUT2D eigenvalue weighted by Crippen LogP contribution is -2.54. The van der Waals surface area contributed by atoms with Crippen molar-refractivity contribution in [2.24, 2.45) is 0 Å². The van der Waals surface area contributed by atoms with Gasteiger partial charge in [-0.1, -0.05) is 72.8 Å². The standard InChI is InChI=1S/C32H26N2O5S/c1-37-29-18-23(16-17-28(29)39-20-22-10-4-2-5-11-22)21-38-27-15-9-8-12-24(27)19-26-30(35)33-32(40)34(31(26)36)25-13-6-3-7-14-25/h2-19H,20-21H2,1H3,(H,33,35,40)/b26-19-. The van der Waals surface area contributed by atoms with Crippen LogP contribution in [0.2, 0.25) is 0 Å². The summed E-state index contributed by atoms with van der Waals surface area (Å²) >= 11 is 5.28. The molecule has 0 saturated carbocycles. The largest absolute Gasteiger partial charge is 0.493 e. The van der Waals surface area contributed by atoms with Gasteiger partial charge in [-0.3, -0.25) is 19.8 Å². The number of benzene rings is 4. The van der Waals surface area contributed by atoms with Crippen LogP contribution in [0.25, 0.3) is 6.08 Å². The third-order valence-corrected chi connectivity index (χ3v) is 6.48. The number of carbonyl (C=O) groups excluding carboxylic acids is 2. The van der Waals surface area contributed by atoms with Gasteiger partial charge in [-0.15, -0.1) is 0 Å². The molecule has 0 aromatic heterocycles. The molecule has 7 nitrogen and oxygen atoms in total. The first kappa shape index (κ1) is 26.6. The average molecular weight is 551 g/mol. The predicted octanol–water partition coefficient (Wildman–Crippen LogP) is 5.68. The van der Waals surface area contributed by atoms with Gasteiger partial charge in [0.25, 0.3) is 11.8 Å². The van der Waals surface area contributed by atoms with E-state index in [1.54, 1.807) is 43.5 Å². The number of carbonyl (C=O) groups is 2. The molecular formula is C32H26N2O5S. The molecule has 0 spiro atoms. The molecule has 0 unspecified atom stereocenters. The Kier molecular flexibility index (Phi) is 8.18. The van der Waals surface area contributed by atoms with Crippen molar-refractivity contribution in [3.8, 4) is 17.2 Å². The van der Waals surface area contributed by atoms with E-state index < -0.39 is 11.8 Å². The van der Waals surface area contributed by atoms with E-state index >= 15 is 0 Å². The number of amides is 2. The summed E-state index contributed by atoms with van der Waals surface area (Å²) in [5.74, 6) is 0.661. The number of nitrogens with one attached hydrogen (secondary N) is 1. The third-order valence-electron chi connectivity index (χ3n) is 6.19. The molecule has 2 amide bonds. The Bertz CT molecular complexity index is 1570. The summed E-state index contributed by atoms with van der Waals surface area (Å²) in [6.07, 6.45) is 1.52. The highest BCUT2D eigenvalue weighted by molar-refractivity contribution is 7.80.